The van der Waals surface area contributed by atoms with E-state index in [1.54, 1.807) is 0 Å². The zero-order valence-electron chi connectivity index (χ0n) is 19.2. The molecule has 1 fully saturated rings. The van der Waals surface area contributed by atoms with Crippen molar-refractivity contribution in [2.45, 2.75) is 49.5 Å². The SMILES string of the molecule is CC1CCC(N(CCOCc2c(F)c(F)c(F)c(F)c2F)C(=O)Nc2ncc(SCC(=O)O)s2)CC1. The number of anilines is 1. The molecule has 1 heterocycles. The van der Waals surface area contributed by atoms with Gasteiger partial charge in [0.25, 0.3) is 0 Å². The third-order valence-electron chi connectivity index (χ3n) is 5.75. The first-order valence-electron chi connectivity index (χ1n) is 11.0. The van der Waals surface area contributed by atoms with Gasteiger partial charge in [0.2, 0.25) is 5.82 Å². The fourth-order valence-electron chi connectivity index (χ4n) is 3.80. The Bertz CT molecular complexity index is 1070. The maximum atomic E-state index is 13.9. The van der Waals surface area contributed by atoms with Gasteiger partial charge in [0.05, 0.1) is 34.9 Å². The van der Waals surface area contributed by atoms with Crippen LogP contribution in [-0.2, 0) is 16.1 Å². The van der Waals surface area contributed by atoms with Crippen molar-refractivity contribution >= 4 is 40.2 Å². The minimum absolute atomic E-state index is 0.00622. The topological polar surface area (TPSA) is 91.8 Å². The van der Waals surface area contributed by atoms with Gasteiger partial charge in [0.15, 0.2) is 28.4 Å². The van der Waals surface area contributed by atoms with Crippen LogP contribution in [0.5, 0.6) is 0 Å². The van der Waals surface area contributed by atoms with Gasteiger partial charge in [0, 0.05) is 12.6 Å². The van der Waals surface area contributed by atoms with Gasteiger partial charge in [0.1, 0.15) is 0 Å². The summed E-state index contributed by atoms with van der Waals surface area (Å²) in [5, 5.41) is 11.7. The highest BCUT2D eigenvalue weighted by atomic mass is 32.2. The summed E-state index contributed by atoms with van der Waals surface area (Å²) in [5.41, 5.74) is -1.08. The molecule has 1 aromatic heterocycles. The lowest BCUT2D eigenvalue weighted by Crippen LogP contribution is -2.46. The average molecular weight is 554 g/mol. The Morgan fingerprint density at radius 1 is 1.11 bits per heavy atom. The number of hydrogen-bond donors (Lipinski definition) is 2. The van der Waals surface area contributed by atoms with Crippen molar-refractivity contribution in [1.29, 1.82) is 0 Å². The molecule has 0 radical (unpaired) electrons. The number of carboxylic acid groups (broad SMARTS) is 1. The number of carbonyl (C=O) groups is 2. The maximum Gasteiger partial charge on any atom is 0.323 e. The number of carboxylic acids is 1. The van der Waals surface area contributed by atoms with Crippen LogP contribution in [0, 0.1) is 35.0 Å². The lowest BCUT2D eigenvalue weighted by atomic mass is 9.86. The molecule has 2 N–H and O–H groups in total. The molecule has 0 spiro atoms. The molecule has 0 saturated heterocycles. The highest BCUT2D eigenvalue weighted by Crippen LogP contribution is 2.30. The molecule has 7 nitrogen and oxygen atoms in total. The van der Waals surface area contributed by atoms with Gasteiger partial charge in [-0.05, 0) is 31.6 Å². The van der Waals surface area contributed by atoms with Gasteiger partial charge in [-0.25, -0.2) is 31.7 Å². The summed E-state index contributed by atoms with van der Waals surface area (Å²) in [4.78, 5) is 29.4. The summed E-state index contributed by atoms with van der Waals surface area (Å²) < 4.78 is 73.6. The molecule has 0 aliphatic heterocycles. The van der Waals surface area contributed by atoms with Crippen molar-refractivity contribution in [1.82, 2.24) is 9.88 Å². The maximum absolute atomic E-state index is 13.9. The van der Waals surface area contributed by atoms with Crippen molar-refractivity contribution in [3.63, 3.8) is 0 Å². The molecule has 1 aliphatic rings. The molecule has 0 atom stereocenters. The Morgan fingerprint density at radius 2 is 1.72 bits per heavy atom. The second kappa shape index (κ2) is 12.7. The van der Waals surface area contributed by atoms with Crippen molar-refractivity contribution in [3.8, 4) is 0 Å². The predicted octanol–water partition coefficient (Wildman–Crippen LogP) is 5.64. The van der Waals surface area contributed by atoms with Gasteiger partial charge in [-0.3, -0.25) is 10.1 Å². The van der Waals surface area contributed by atoms with Crippen LogP contribution < -0.4 is 5.32 Å². The van der Waals surface area contributed by atoms with Crippen LogP contribution in [0.4, 0.5) is 31.9 Å². The molecule has 0 bridgehead atoms. The van der Waals surface area contributed by atoms with E-state index in [1.165, 1.54) is 11.1 Å². The second-order valence-corrected chi connectivity index (χ2v) is 10.6. The number of carbonyl (C=O) groups excluding carboxylic acids is 1. The molecule has 0 unspecified atom stereocenters. The molecule has 1 saturated carbocycles. The first-order valence-corrected chi connectivity index (χ1v) is 12.8. The molecule has 198 valence electrons. The minimum Gasteiger partial charge on any atom is -0.481 e. The van der Waals surface area contributed by atoms with E-state index in [9.17, 15) is 31.5 Å². The number of nitrogens with one attached hydrogen (secondary N) is 1. The number of ether oxygens (including phenoxy) is 1. The third-order valence-corrected chi connectivity index (χ3v) is 7.84. The standard InChI is InChI=1S/C22H24F5N3O4S2/c1-11-2-4-12(5-3-11)30(22(33)29-21-28-8-15(36-21)35-10-14(31)32)6-7-34-9-13-16(23)18(25)20(27)19(26)17(13)24/h8,11-12H,2-7,9-10H2,1H3,(H,31,32)(H,28,29,33). The highest BCUT2D eigenvalue weighted by molar-refractivity contribution is 8.01. The fourth-order valence-corrected chi connectivity index (χ4v) is 5.38. The van der Waals surface area contributed by atoms with Crippen LogP contribution in [0.3, 0.4) is 0 Å². The molecule has 3 rings (SSSR count). The number of amides is 2. The van der Waals surface area contributed by atoms with Crippen LogP contribution in [0.2, 0.25) is 0 Å². The number of aliphatic carboxylic acids is 1. The quantitative estimate of drug-likeness (QED) is 0.130. The van der Waals surface area contributed by atoms with Gasteiger partial charge in [-0.2, -0.15) is 0 Å². The lowest BCUT2D eigenvalue weighted by Gasteiger charge is -2.36. The largest absolute Gasteiger partial charge is 0.481 e. The molecular weight excluding hydrogens is 529 g/mol. The van der Waals surface area contributed by atoms with Crippen LogP contribution in [0.15, 0.2) is 10.4 Å². The Labute approximate surface area is 212 Å². The summed E-state index contributed by atoms with van der Waals surface area (Å²) in [7, 11) is 0. The van der Waals surface area contributed by atoms with Crippen LogP contribution in [0.1, 0.15) is 38.2 Å². The number of benzene rings is 1. The molecule has 36 heavy (non-hydrogen) atoms. The smallest absolute Gasteiger partial charge is 0.323 e. The Hall–Kier alpha value is -2.45. The monoisotopic (exact) mass is 553 g/mol. The zero-order valence-corrected chi connectivity index (χ0v) is 20.8. The van der Waals surface area contributed by atoms with E-state index in [4.69, 9.17) is 9.84 Å². The van der Waals surface area contributed by atoms with Gasteiger partial charge < -0.3 is 14.7 Å². The van der Waals surface area contributed by atoms with Gasteiger partial charge >= 0.3 is 12.0 Å². The molecule has 2 aromatic rings. The number of halogens is 5. The van der Waals surface area contributed by atoms with E-state index in [2.05, 4.69) is 17.2 Å². The van der Waals surface area contributed by atoms with E-state index in [-0.39, 0.29) is 30.1 Å². The second-order valence-electron chi connectivity index (χ2n) is 8.31. The summed E-state index contributed by atoms with van der Waals surface area (Å²) in [6, 6.07) is -0.627. The van der Waals surface area contributed by atoms with Gasteiger partial charge in [-0.15, -0.1) is 11.8 Å². The Kier molecular flexibility index (Phi) is 9.91. The van der Waals surface area contributed by atoms with E-state index in [0.29, 0.717) is 10.1 Å². The summed E-state index contributed by atoms with van der Waals surface area (Å²) in [6.07, 6.45) is 4.70. The molecule has 1 aliphatic carbocycles. The Balaban J connectivity index is 1.63. The van der Waals surface area contributed by atoms with E-state index in [1.807, 2.05) is 0 Å². The van der Waals surface area contributed by atoms with Crippen molar-refractivity contribution < 1.29 is 41.4 Å². The fraction of sp³-hybridized carbons (Fsp3) is 0.500. The van der Waals surface area contributed by atoms with Crippen LogP contribution in [-0.4, -0.2) is 51.9 Å². The van der Waals surface area contributed by atoms with E-state index in [0.717, 1.165) is 48.8 Å². The first-order chi connectivity index (χ1) is 17.1. The number of aromatic nitrogens is 1. The van der Waals surface area contributed by atoms with Crippen molar-refractivity contribution in [2.24, 2.45) is 5.92 Å². The Morgan fingerprint density at radius 3 is 2.33 bits per heavy atom. The van der Waals surface area contributed by atoms with Gasteiger partial charge in [-0.1, -0.05) is 18.3 Å². The van der Waals surface area contributed by atoms with Crippen molar-refractivity contribution in [3.05, 3.63) is 40.8 Å². The zero-order chi connectivity index (χ0) is 26.4. The van der Waals surface area contributed by atoms with E-state index >= 15 is 0 Å². The lowest BCUT2D eigenvalue weighted by molar-refractivity contribution is -0.133. The first kappa shape index (κ1) is 28.1. The summed E-state index contributed by atoms with van der Waals surface area (Å²) in [5.74, 6) is -10.9. The number of thioether (sulfide) groups is 1. The van der Waals surface area contributed by atoms with E-state index < -0.39 is 53.3 Å². The number of urea groups is 1. The van der Waals surface area contributed by atoms with Crippen LogP contribution in [0.25, 0.3) is 0 Å². The minimum atomic E-state index is -2.24. The predicted molar refractivity (Wildman–Crippen MR) is 124 cm³/mol. The van der Waals surface area contributed by atoms with Crippen molar-refractivity contribution in [2.75, 3.05) is 24.2 Å². The number of hydrogen-bond acceptors (Lipinski definition) is 6. The third kappa shape index (κ3) is 7.07. The summed E-state index contributed by atoms with van der Waals surface area (Å²) in [6.45, 7) is 1.04. The number of nitrogens with zero attached hydrogens (tertiary/aromatic N) is 2. The molecular formula is C22H24F5N3O4S2. The summed E-state index contributed by atoms with van der Waals surface area (Å²) >= 11 is 2.18. The number of rotatable bonds is 10. The average Bonchev–Trinajstić information content (AvgIpc) is 3.30. The molecule has 14 heteroatoms. The molecule has 2 amide bonds. The number of thiazole rings is 1. The van der Waals surface area contributed by atoms with Crippen LogP contribution >= 0.6 is 23.1 Å². The normalized spacial score (nSPS) is 17.7. The highest BCUT2D eigenvalue weighted by Gasteiger charge is 2.29. The molecule has 1 aromatic carbocycles.